The first-order valence-electron chi connectivity index (χ1n) is 6.55. The second kappa shape index (κ2) is 10.3. The number of hydrogen-bond acceptors (Lipinski definition) is 0. The Morgan fingerprint density at radius 3 is 1.42 bits per heavy atom. The lowest BCUT2D eigenvalue weighted by molar-refractivity contribution is 0.636. The van der Waals surface area contributed by atoms with Crippen molar-refractivity contribution in [2.24, 2.45) is 0 Å². The third-order valence-electron chi connectivity index (χ3n) is 2.68. The normalized spacial score (nSPS) is 9.00. The van der Waals surface area contributed by atoms with Crippen LogP contribution in [0.1, 0.15) is 36.5 Å². The molecule has 19 heavy (non-hydrogen) atoms. The molecule has 1 heteroatoms. The van der Waals surface area contributed by atoms with Crippen LogP contribution in [0, 0.1) is 13.8 Å². The highest BCUT2D eigenvalue weighted by Crippen LogP contribution is 2.13. The minimum absolute atomic E-state index is 0.500. The summed E-state index contributed by atoms with van der Waals surface area (Å²) in [6.45, 7) is 8.62. The molecule has 0 aliphatic carbocycles. The van der Waals surface area contributed by atoms with Gasteiger partial charge in [-0.15, -0.1) is 0 Å². The topological polar surface area (TPSA) is 0 Å². The number of benzene rings is 2. The van der Waals surface area contributed by atoms with E-state index in [-0.39, 0.29) is 0 Å². The van der Waals surface area contributed by atoms with Gasteiger partial charge in [0, 0.05) is 0 Å². The maximum absolute atomic E-state index is 9.50. The average molecular weight is 260 g/mol. The molecule has 0 unspecified atom stereocenters. The van der Waals surface area contributed by atoms with Crippen molar-refractivity contribution < 1.29 is 4.39 Å². The van der Waals surface area contributed by atoms with E-state index in [2.05, 4.69) is 64.1 Å². The van der Waals surface area contributed by atoms with E-state index in [4.69, 9.17) is 0 Å². The van der Waals surface area contributed by atoms with Gasteiger partial charge in [0.05, 0.1) is 7.18 Å². The highest BCUT2D eigenvalue weighted by atomic mass is 19.1. The summed E-state index contributed by atoms with van der Waals surface area (Å²) < 4.78 is 9.50. The first kappa shape index (κ1) is 17.4. The minimum Gasteiger partial charge on any atom is -0.255 e. The summed E-state index contributed by atoms with van der Waals surface area (Å²) >= 11 is 0. The molecule has 0 amide bonds. The standard InChI is InChI=1S/C10H14.C7H8.CH3F/c1-8(2)10-6-4-9(3)5-7-10;1-7-5-3-2-4-6-7;1-2/h4-8H,1-3H3;2-6H,1H3;1H3. The summed E-state index contributed by atoms with van der Waals surface area (Å²) in [5.41, 5.74) is 4.08. The molecule has 2 rings (SSSR count). The monoisotopic (exact) mass is 260 g/mol. The Morgan fingerprint density at radius 1 is 0.684 bits per heavy atom. The Morgan fingerprint density at radius 2 is 1.11 bits per heavy atom. The minimum atomic E-state index is 0.500. The van der Waals surface area contributed by atoms with Gasteiger partial charge >= 0.3 is 0 Å². The Labute approximate surface area is 117 Å². The fourth-order valence-electron chi connectivity index (χ4n) is 1.49. The van der Waals surface area contributed by atoms with Gasteiger partial charge in [0.15, 0.2) is 0 Å². The van der Waals surface area contributed by atoms with Gasteiger partial charge in [0.25, 0.3) is 0 Å². The number of hydrogen-bond donors (Lipinski definition) is 0. The molecule has 0 spiro atoms. The van der Waals surface area contributed by atoms with Crippen molar-refractivity contribution in [2.45, 2.75) is 33.6 Å². The lowest BCUT2D eigenvalue weighted by Gasteiger charge is -2.03. The maximum Gasteiger partial charge on any atom is 0.0785 e. The summed E-state index contributed by atoms with van der Waals surface area (Å²) in [6, 6.07) is 19.0. The molecule has 2 aromatic rings. The first-order valence-corrected chi connectivity index (χ1v) is 6.55. The Kier molecular flexibility index (Phi) is 9.42. The lowest BCUT2D eigenvalue weighted by Crippen LogP contribution is -1.85. The molecule has 0 aliphatic heterocycles. The Bertz CT molecular complexity index is 415. The molecule has 0 aromatic heterocycles. The molecule has 0 saturated carbocycles. The maximum atomic E-state index is 9.50. The second-order valence-electron chi connectivity index (χ2n) is 4.72. The van der Waals surface area contributed by atoms with E-state index < -0.39 is 0 Å². The third kappa shape index (κ3) is 8.15. The van der Waals surface area contributed by atoms with Crippen LogP contribution < -0.4 is 0 Å². The van der Waals surface area contributed by atoms with E-state index in [1.807, 2.05) is 18.2 Å². The van der Waals surface area contributed by atoms with Crippen LogP contribution in [-0.2, 0) is 0 Å². The van der Waals surface area contributed by atoms with Crippen LogP contribution in [0.3, 0.4) is 0 Å². The number of rotatable bonds is 1. The third-order valence-corrected chi connectivity index (χ3v) is 2.68. The summed E-state index contributed by atoms with van der Waals surface area (Å²) in [5, 5.41) is 0. The van der Waals surface area contributed by atoms with Gasteiger partial charge in [-0.1, -0.05) is 79.6 Å². The van der Waals surface area contributed by atoms with E-state index in [9.17, 15) is 4.39 Å². The molecule has 0 atom stereocenters. The summed E-state index contributed by atoms with van der Waals surface area (Å²) in [4.78, 5) is 0. The van der Waals surface area contributed by atoms with E-state index >= 15 is 0 Å². The molecule has 0 aliphatic rings. The second-order valence-corrected chi connectivity index (χ2v) is 4.72. The van der Waals surface area contributed by atoms with Crippen LogP contribution in [0.2, 0.25) is 0 Å². The molecule has 104 valence electrons. The SMILES string of the molecule is CF.Cc1ccc(C(C)C)cc1.Cc1ccccc1. The van der Waals surface area contributed by atoms with Crippen LogP contribution in [0.4, 0.5) is 4.39 Å². The van der Waals surface area contributed by atoms with Crippen molar-refractivity contribution in [3.8, 4) is 0 Å². The van der Waals surface area contributed by atoms with Crippen molar-refractivity contribution in [1.29, 1.82) is 0 Å². The number of halogens is 1. The number of aryl methyl sites for hydroxylation is 2. The van der Waals surface area contributed by atoms with Crippen LogP contribution in [-0.4, -0.2) is 7.18 Å². The molecule has 0 radical (unpaired) electrons. The fourth-order valence-corrected chi connectivity index (χ4v) is 1.49. The quantitative estimate of drug-likeness (QED) is 0.617. The molecular formula is C18H25F. The Hall–Kier alpha value is -1.63. The van der Waals surface area contributed by atoms with Gasteiger partial charge in [0.1, 0.15) is 0 Å². The average Bonchev–Trinajstić information content (AvgIpc) is 2.43. The Balaban J connectivity index is 0.000000316. The zero-order valence-corrected chi connectivity index (χ0v) is 12.7. The zero-order chi connectivity index (χ0) is 14.7. The van der Waals surface area contributed by atoms with Crippen LogP contribution in [0.25, 0.3) is 0 Å². The van der Waals surface area contributed by atoms with E-state index in [1.54, 1.807) is 0 Å². The summed E-state index contributed by atoms with van der Waals surface area (Å²) in [7, 11) is 0.500. The van der Waals surface area contributed by atoms with E-state index in [0.29, 0.717) is 13.1 Å². The highest BCUT2D eigenvalue weighted by molar-refractivity contribution is 5.23. The zero-order valence-electron chi connectivity index (χ0n) is 12.7. The molecule has 0 saturated heterocycles. The molecule has 0 heterocycles. The van der Waals surface area contributed by atoms with Gasteiger partial charge in [-0.05, 0) is 25.3 Å². The molecule has 0 N–H and O–H groups in total. The smallest absolute Gasteiger partial charge is 0.0785 e. The van der Waals surface area contributed by atoms with Gasteiger partial charge in [-0.25, -0.2) is 0 Å². The lowest BCUT2D eigenvalue weighted by atomic mass is 10.0. The molecule has 2 aromatic carbocycles. The van der Waals surface area contributed by atoms with Gasteiger partial charge in [0.2, 0.25) is 0 Å². The highest BCUT2D eigenvalue weighted by Gasteiger charge is 1.95. The van der Waals surface area contributed by atoms with Crippen molar-refractivity contribution in [1.82, 2.24) is 0 Å². The van der Waals surface area contributed by atoms with Crippen LogP contribution in [0.5, 0.6) is 0 Å². The van der Waals surface area contributed by atoms with Crippen LogP contribution in [0.15, 0.2) is 54.6 Å². The van der Waals surface area contributed by atoms with E-state index in [0.717, 1.165) is 0 Å². The first-order chi connectivity index (χ1) is 9.09. The van der Waals surface area contributed by atoms with Crippen LogP contribution >= 0.6 is 0 Å². The van der Waals surface area contributed by atoms with E-state index in [1.165, 1.54) is 16.7 Å². The van der Waals surface area contributed by atoms with Crippen molar-refractivity contribution in [3.63, 3.8) is 0 Å². The molecule has 0 fully saturated rings. The van der Waals surface area contributed by atoms with Crippen molar-refractivity contribution >= 4 is 0 Å². The predicted octanol–water partition coefficient (Wildman–Crippen LogP) is 5.70. The summed E-state index contributed by atoms with van der Waals surface area (Å²) in [5.74, 6) is 0.653. The fraction of sp³-hybridized carbons (Fsp3) is 0.333. The number of alkyl halides is 1. The molecule has 0 bridgehead atoms. The summed E-state index contributed by atoms with van der Waals surface area (Å²) in [6.07, 6.45) is 0. The van der Waals surface area contributed by atoms with Crippen molar-refractivity contribution in [3.05, 3.63) is 71.3 Å². The van der Waals surface area contributed by atoms with Crippen molar-refractivity contribution in [2.75, 3.05) is 7.18 Å². The molecule has 0 nitrogen and oxygen atoms in total. The van der Waals surface area contributed by atoms with Gasteiger partial charge in [-0.2, -0.15) is 0 Å². The van der Waals surface area contributed by atoms with Gasteiger partial charge < -0.3 is 0 Å². The predicted molar refractivity (Wildman–Crippen MR) is 83.5 cm³/mol. The largest absolute Gasteiger partial charge is 0.255 e. The van der Waals surface area contributed by atoms with Gasteiger partial charge in [-0.3, -0.25) is 4.39 Å². The molecular weight excluding hydrogens is 235 g/mol.